The summed E-state index contributed by atoms with van der Waals surface area (Å²) in [6.45, 7) is 3.74. The first-order valence-corrected chi connectivity index (χ1v) is 10.3. The van der Waals surface area contributed by atoms with Gasteiger partial charge in [-0.2, -0.15) is 5.10 Å². The summed E-state index contributed by atoms with van der Waals surface area (Å²) >= 11 is 0. The lowest BCUT2D eigenvalue weighted by molar-refractivity contribution is 0.196. The van der Waals surface area contributed by atoms with E-state index in [4.69, 9.17) is 4.42 Å². The highest BCUT2D eigenvalue weighted by molar-refractivity contribution is 5.79. The van der Waals surface area contributed by atoms with Crippen LogP contribution in [0.4, 0.5) is 0 Å². The van der Waals surface area contributed by atoms with Gasteiger partial charge in [-0.25, -0.2) is 4.98 Å². The Balaban J connectivity index is 1.17. The first-order valence-electron chi connectivity index (χ1n) is 10.3. The van der Waals surface area contributed by atoms with Gasteiger partial charge in [-0.15, -0.1) is 0 Å². The summed E-state index contributed by atoms with van der Waals surface area (Å²) in [4.78, 5) is 15.7. The van der Waals surface area contributed by atoms with E-state index in [1.807, 2.05) is 30.5 Å². The fourth-order valence-electron chi connectivity index (χ4n) is 3.57. The molecule has 4 heterocycles. The molecule has 0 spiro atoms. The van der Waals surface area contributed by atoms with Crippen LogP contribution in [0.15, 0.2) is 52.2 Å². The highest BCUT2D eigenvalue weighted by Crippen LogP contribution is 2.14. The molecule has 0 amide bonds. The number of aliphatic imine (C=N–C) groups is 1. The van der Waals surface area contributed by atoms with Crippen LogP contribution in [0.3, 0.4) is 0 Å². The summed E-state index contributed by atoms with van der Waals surface area (Å²) < 4.78 is 5.32. The van der Waals surface area contributed by atoms with Crippen LogP contribution >= 0.6 is 0 Å². The van der Waals surface area contributed by atoms with Crippen LogP contribution in [0.2, 0.25) is 0 Å². The Kier molecular flexibility index (Phi) is 6.71. The Hall–Kier alpha value is -3.20. The van der Waals surface area contributed by atoms with Crippen molar-refractivity contribution in [2.45, 2.75) is 31.8 Å². The van der Waals surface area contributed by atoms with Crippen molar-refractivity contribution in [3.63, 3.8) is 0 Å². The van der Waals surface area contributed by atoms with E-state index in [0.717, 1.165) is 56.4 Å². The van der Waals surface area contributed by atoms with Gasteiger partial charge in [-0.05, 0) is 37.1 Å². The quantitative estimate of drug-likeness (QED) is 0.404. The van der Waals surface area contributed by atoms with Crippen LogP contribution in [0.1, 0.15) is 24.4 Å². The van der Waals surface area contributed by atoms with E-state index in [1.165, 1.54) is 0 Å². The second-order valence-corrected chi connectivity index (χ2v) is 7.35. The standard InChI is InChI=1S/C21H28N8O/c1-22-21(24-11-7-19-26-20(28-27-19)18-6-4-14-30-18)25-16-8-12-29(13-9-16)15-17-5-2-3-10-23-17/h2-6,10,14,16H,7-9,11-13,15H2,1H3,(H2,22,24,25)(H,26,27,28). The number of pyridine rings is 1. The lowest BCUT2D eigenvalue weighted by atomic mass is 10.0. The maximum absolute atomic E-state index is 5.32. The summed E-state index contributed by atoms with van der Waals surface area (Å²) in [5, 5.41) is 14.1. The molecule has 1 aliphatic heterocycles. The molecule has 1 aliphatic rings. The van der Waals surface area contributed by atoms with Gasteiger partial charge in [-0.3, -0.25) is 20.0 Å². The Morgan fingerprint density at radius 1 is 1.27 bits per heavy atom. The van der Waals surface area contributed by atoms with Gasteiger partial charge in [0.2, 0.25) is 5.82 Å². The van der Waals surface area contributed by atoms with E-state index >= 15 is 0 Å². The first kappa shape index (κ1) is 20.1. The van der Waals surface area contributed by atoms with Gasteiger partial charge in [0.1, 0.15) is 5.82 Å². The molecular formula is C21H28N8O. The number of rotatable bonds is 7. The molecule has 0 aromatic carbocycles. The fraction of sp³-hybridized carbons (Fsp3) is 0.429. The number of hydrogen-bond donors (Lipinski definition) is 3. The van der Waals surface area contributed by atoms with Crippen LogP contribution in [-0.2, 0) is 13.0 Å². The Morgan fingerprint density at radius 3 is 2.90 bits per heavy atom. The number of aromatic amines is 1. The van der Waals surface area contributed by atoms with Crippen LogP contribution in [0.25, 0.3) is 11.6 Å². The molecule has 0 atom stereocenters. The monoisotopic (exact) mass is 408 g/mol. The number of aromatic nitrogens is 4. The predicted octanol–water partition coefficient (Wildman–Crippen LogP) is 1.83. The first-order chi connectivity index (χ1) is 14.8. The van der Waals surface area contributed by atoms with Crippen LogP contribution < -0.4 is 10.6 Å². The van der Waals surface area contributed by atoms with Crippen molar-refractivity contribution in [3.8, 4) is 11.6 Å². The number of piperidine rings is 1. The highest BCUT2D eigenvalue weighted by atomic mass is 16.3. The minimum Gasteiger partial charge on any atom is -0.461 e. The van der Waals surface area contributed by atoms with E-state index in [-0.39, 0.29) is 0 Å². The van der Waals surface area contributed by atoms with Crippen molar-refractivity contribution in [2.75, 3.05) is 26.7 Å². The molecule has 4 rings (SSSR count). The maximum Gasteiger partial charge on any atom is 0.216 e. The molecule has 0 radical (unpaired) electrons. The second-order valence-electron chi connectivity index (χ2n) is 7.35. The molecule has 9 nitrogen and oxygen atoms in total. The van der Waals surface area contributed by atoms with Crippen molar-refractivity contribution in [3.05, 3.63) is 54.3 Å². The molecule has 30 heavy (non-hydrogen) atoms. The zero-order valence-corrected chi connectivity index (χ0v) is 17.2. The molecule has 0 bridgehead atoms. The normalized spacial score (nSPS) is 16.0. The summed E-state index contributed by atoms with van der Waals surface area (Å²) in [5.41, 5.74) is 1.13. The van der Waals surface area contributed by atoms with E-state index in [9.17, 15) is 0 Å². The average molecular weight is 409 g/mol. The van der Waals surface area contributed by atoms with Crippen molar-refractivity contribution in [1.82, 2.24) is 35.7 Å². The summed E-state index contributed by atoms with van der Waals surface area (Å²) in [6, 6.07) is 10.2. The average Bonchev–Trinajstić information content (AvgIpc) is 3.47. The number of guanidine groups is 1. The second kappa shape index (κ2) is 10.0. The van der Waals surface area contributed by atoms with Crippen molar-refractivity contribution in [1.29, 1.82) is 0 Å². The fourth-order valence-corrected chi connectivity index (χ4v) is 3.57. The zero-order valence-electron chi connectivity index (χ0n) is 17.2. The SMILES string of the molecule is CN=C(NCCc1nc(-c2ccco2)n[nH]1)NC1CCN(Cc2ccccn2)CC1. The minimum absolute atomic E-state index is 0.423. The van der Waals surface area contributed by atoms with Crippen LogP contribution in [-0.4, -0.2) is 63.7 Å². The lowest BCUT2D eigenvalue weighted by Gasteiger charge is -2.32. The molecule has 3 aromatic rings. The third kappa shape index (κ3) is 5.44. The molecule has 1 fully saturated rings. The molecule has 0 saturated carbocycles. The summed E-state index contributed by atoms with van der Waals surface area (Å²) in [6.07, 6.45) is 6.36. The van der Waals surface area contributed by atoms with Gasteiger partial charge in [0.15, 0.2) is 11.7 Å². The van der Waals surface area contributed by atoms with Crippen LogP contribution in [0, 0.1) is 0 Å². The topological polar surface area (TPSA) is 107 Å². The van der Waals surface area contributed by atoms with E-state index in [1.54, 1.807) is 13.3 Å². The zero-order chi connectivity index (χ0) is 20.6. The van der Waals surface area contributed by atoms with Gasteiger partial charge < -0.3 is 15.1 Å². The van der Waals surface area contributed by atoms with Gasteiger partial charge in [0, 0.05) is 51.9 Å². The van der Waals surface area contributed by atoms with Gasteiger partial charge in [-0.1, -0.05) is 6.07 Å². The number of nitrogens with zero attached hydrogens (tertiary/aromatic N) is 5. The number of furan rings is 1. The Labute approximate surface area is 176 Å². The van der Waals surface area contributed by atoms with Crippen molar-refractivity contribution >= 4 is 5.96 Å². The maximum atomic E-state index is 5.32. The molecule has 0 unspecified atom stereocenters. The van der Waals surface area contributed by atoms with Gasteiger partial charge >= 0.3 is 0 Å². The summed E-state index contributed by atoms with van der Waals surface area (Å²) in [5.74, 6) is 2.88. The largest absolute Gasteiger partial charge is 0.461 e. The third-order valence-electron chi connectivity index (χ3n) is 5.19. The molecule has 3 aromatic heterocycles. The highest BCUT2D eigenvalue weighted by Gasteiger charge is 2.20. The molecule has 158 valence electrons. The molecule has 3 N–H and O–H groups in total. The molecule has 9 heteroatoms. The van der Waals surface area contributed by atoms with E-state index in [0.29, 0.717) is 24.2 Å². The molecule has 0 aliphatic carbocycles. The third-order valence-corrected chi connectivity index (χ3v) is 5.19. The minimum atomic E-state index is 0.423. The van der Waals surface area contributed by atoms with Gasteiger partial charge in [0.25, 0.3) is 0 Å². The van der Waals surface area contributed by atoms with Crippen molar-refractivity contribution < 1.29 is 4.42 Å². The molecular weight excluding hydrogens is 380 g/mol. The van der Waals surface area contributed by atoms with Crippen molar-refractivity contribution in [2.24, 2.45) is 4.99 Å². The van der Waals surface area contributed by atoms with Gasteiger partial charge in [0.05, 0.1) is 12.0 Å². The number of likely N-dealkylation sites (tertiary alicyclic amines) is 1. The summed E-state index contributed by atoms with van der Waals surface area (Å²) in [7, 11) is 1.80. The Bertz CT molecular complexity index is 914. The predicted molar refractivity (Wildman–Crippen MR) is 115 cm³/mol. The van der Waals surface area contributed by atoms with E-state index < -0.39 is 0 Å². The van der Waals surface area contributed by atoms with E-state index in [2.05, 4.69) is 46.8 Å². The smallest absolute Gasteiger partial charge is 0.216 e. The Morgan fingerprint density at radius 2 is 2.17 bits per heavy atom. The number of nitrogens with one attached hydrogen (secondary N) is 3. The number of hydrogen-bond acceptors (Lipinski definition) is 6. The molecule has 1 saturated heterocycles. The van der Waals surface area contributed by atoms with Crippen LogP contribution in [0.5, 0.6) is 0 Å². The number of H-pyrrole nitrogens is 1. The lowest BCUT2D eigenvalue weighted by Crippen LogP contribution is -2.48.